The lowest BCUT2D eigenvalue weighted by Crippen LogP contribution is -2.54. The lowest BCUT2D eigenvalue weighted by atomic mass is 10.1. The third-order valence-corrected chi connectivity index (χ3v) is 3.22. The molecule has 1 heterocycles. The van der Waals surface area contributed by atoms with Crippen molar-refractivity contribution in [2.24, 2.45) is 0 Å². The molecule has 1 aromatic rings. The summed E-state index contributed by atoms with van der Waals surface area (Å²) in [4.78, 5) is 38.6. The third-order valence-electron chi connectivity index (χ3n) is 3.22. The molecule has 22 heavy (non-hydrogen) atoms. The van der Waals surface area contributed by atoms with Crippen LogP contribution in [0.15, 0.2) is 42.5 Å². The molecule has 0 spiro atoms. The summed E-state index contributed by atoms with van der Waals surface area (Å²) in [6.07, 6.45) is 2.90. The smallest absolute Gasteiger partial charge is 0.331 e. The summed E-state index contributed by atoms with van der Waals surface area (Å²) >= 11 is 0. The number of rotatable bonds is 4. The van der Waals surface area contributed by atoms with Crippen molar-refractivity contribution in [2.45, 2.75) is 0 Å². The first-order valence-electron chi connectivity index (χ1n) is 6.71. The van der Waals surface area contributed by atoms with Crippen molar-refractivity contribution in [3.8, 4) is 0 Å². The van der Waals surface area contributed by atoms with E-state index < -0.39 is 17.8 Å². The van der Waals surface area contributed by atoms with Gasteiger partial charge in [0, 0.05) is 26.3 Å². The number of carbonyl (C=O) groups excluding carboxylic acids is 3. The maximum atomic E-state index is 12.2. The Balaban J connectivity index is 2.32. The molecule has 1 N–H and O–H groups in total. The highest BCUT2D eigenvalue weighted by molar-refractivity contribution is 6.31. The van der Waals surface area contributed by atoms with Gasteiger partial charge in [-0.25, -0.2) is 4.79 Å². The molecule has 6 nitrogen and oxygen atoms in total. The zero-order chi connectivity index (χ0) is 16.3. The fourth-order valence-corrected chi connectivity index (χ4v) is 2.02. The highest BCUT2D eigenvalue weighted by atomic mass is 16.2. The Kier molecular flexibility index (Phi) is 4.41. The number of barbiturate groups is 1. The van der Waals surface area contributed by atoms with Gasteiger partial charge in [-0.05, 0) is 23.8 Å². The largest absolute Gasteiger partial charge is 0.378 e. The van der Waals surface area contributed by atoms with Crippen LogP contribution < -0.4 is 10.2 Å². The third kappa shape index (κ3) is 3.06. The van der Waals surface area contributed by atoms with E-state index >= 15 is 0 Å². The number of benzene rings is 1. The number of imide groups is 2. The van der Waals surface area contributed by atoms with Crippen LogP contribution in [0.1, 0.15) is 5.56 Å². The summed E-state index contributed by atoms with van der Waals surface area (Å²) in [5.41, 5.74) is 1.64. The minimum Gasteiger partial charge on any atom is -0.378 e. The number of nitrogens with zero attached hydrogens (tertiary/aromatic N) is 2. The number of nitrogens with one attached hydrogen (secondary N) is 1. The second kappa shape index (κ2) is 6.26. The summed E-state index contributed by atoms with van der Waals surface area (Å²) in [5, 5.41) is 2.15. The van der Waals surface area contributed by atoms with Crippen LogP contribution in [0, 0.1) is 0 Å². The second-order valence-corrected chi connectivity index (χ2v) is 5.01. The highest BCUT2D eigenvalue weighted by Gasteiger charge is 2.34. The van der Waals surface area contributed by atoms with Crippen LogP contribution in [-0.4, -0.2) is 43.4 Å². The zero-order valence-electron chi connectivity index (χ0n) is 12.5. The van der Waals surface area contributed by atoms with E-state index in [0.29, 0.717) is 5.56 Å². The Morgan fingerprint density at radius 3 is 2.36 bits per heavy atom. The molecule has 0 bridgehead atoms. The Morgan fingerprint density at radius 1 is 1.18 bits per heavy atom. The molecule has 0 saturated carbocycles. The number of hydrogen-bond donors (Lipinski definition) is 1. The summed E-state index contributed by atoms with van der Waals surface area (Å²) in [6, 6.07) is 6.64. The van der Waals surface area contributed by atoms with Gasteiger partial charge in [0.15, 0.2) is 0 Å². The van der Waals surface area contributed by atoms with Gasteiger partial charge in [-0.2, -0.15) is 0 Å². The Hall–Kier alpha value is -2.89. The van der Waals surface area contributed by atoms with Gasteiger partial charge < -0.3 is 4.90 Å². The van der Waals surface area contributed by atoms with Crippen LogP contribution in [0.25, 0.3) is 6.08 Å². The Morgan fingerprint density at radius 2 is 1.82 bits per heavy atom. The predicted octanol–water partition coefficient (Wildman–Crippen LogP) is 1.40. The molecule has 0 aromatic heterocycles. The van der Waals surface area contributed by atoms with Gasteiger partial charge in [0.1, 0.15) is 5.57 Å². The standard InChI is InChI=1S/C16H17N3O3/c1-4-9-19-15(21)13(14(20)17-16(19)22)10-11-5-7-12(8-6-11)18(2)3/h4-8,10H,1,9H2,2-3H3,(H,17,20,22)/b13-10-. The predicted molar refractivity (Wildman–Crippen MR) is 84.2 cm³/mol. The number of carbonyl (C=O) groups is 3. The molecule has 1 fully saturated rings. The number of amides is 4. The van der Waals surface area contributed by atoms with E-state index in [0.717, 1.165) is 10.6 Å². The average Bonchev–Trinajstić information content (AvgIpc) is 2.48. The SMILES string of the molecule is C=CCN1C(=O)NC(=O)/C(=C/c2ccc(N(C)C)cc2)C1=O. The van der Waals surface area contributed by atoms with Gasteiger partial charge in [0.2, 0.25) is 0 Å². The molecular weight excluding hydrogens is 282 g/mol. The summed E-state index contributed by atoms with van der Waals surface area (Å²) in [5.74, 6) is -1.31. The van der Waals surface area contributed by atoms with Crippen LogP contribution >= 0.6 is 0 Å². The molecule has 4 amide bonds. The van der Waals surface area contributed by atoms with E-state index in [1.807, 2.05) is 31.1 Å². The van der Waals surface area contributed by atoms with Gasteiger partial charge in [0.05, 0.1) is 0 Å². The molecule has 1 aromatic carbocycles. The van der Waals surface area contributed by atoms with Crippen molar-refractivity contribution < 1.29 is 14.4 Å². The molecule has 114 valence electrons. The molecule has 0 atom stereocenters. The van der Waals surface area contributed by atoms with E-state index in [1.54, 1.807) is 12.1 Å². The van der Waals surface area contributed by atoms with E-state index in [9.17, 15) is 14.4 Å². The van der Waals surface area contributed by atoms with E-state index in [1.165, 1.54) is 12.2 Å². The van der Waals surface area contributed by atoms with Crippen LogP contribution in [0.5, 0.6) is 0 Å². The second-order valence-electron chi connectivity index (χ2n) is 5.01. The van der Waals surface area contributed by atoms with Crippen molar-refractivity contribution in [3.05, 3.63) is 48.1 Å². The molecule has 1 aliphatic rings. The van der Waals surface area contributed by atoms with Crippen molar-refractivity contribution in [2.75, 3.05) is 25.5 Å². The van der Waals surface area contributed by atoms with Gasteiger partial charge in [0.25, 0.3) is 11.8 Å². The molecular formula is C16H17N3O3. The van der Waals surface area contributed by atoms with Crippen LogP contribution in [0.4, 0.5) is 10.5 Å². The summed E-state index contributed by atoms with van der Waals surface area (Å²) in [6.45, 7) is 3.55. The van der Waals surface area contributed by atoms with Crippen LogP contribution in [-0.2, 0) is 9.59 Å². The van der Waals surface area contributed by atoms with E-state index in [2.05, 4.69) is 11.9 Å². The minimum absolute atomic E-state index is 0.0505. The normalized spacial score (nSPS) is 16.7. The fraction of sp³-hybridized carbons (Fsp3) is 0.188. The lowest BCUT2D eigenvalue weighted by molar-refractivity contribution is -0.129. The maximum Gasteiger partial charge on any atom is 0.331 e. The molecule has 0 radical (unpaired) electrons. The number of hydrogen-bond acceptors (Lipinski definition) is 4. The summed E-state index contributed by atoms with van der Waals surface area (Å²) < 4.78 is 0. The molecule has 0 aliphatic carbocycles. The summed E-state index contributed by atoms with van der Waals surface area (Å²) in [7, 11) is 3.84. The maximum absolute atomic E-state index is 12.2. The van der Waals surface area contributed by atoms with Crippen molar-refractivity contribution >= 4 is 29.6 Å². The quantitative estimate of drug-likeness (QED) is 0.518. The molecule has 6 heteroatoms. The Labute approximate surface area is 128 Å². The van der Waals surface area contributed by atoms with Crippen molar-refractivity contribution in [1.29, 1.82) is 0 Å². The lowest BCUT2D eigenvalue weighted by Gasteiger charge is -2.25. The zero-order valence-corrected chi connectivity index (χ0v) is 12.5. The average molecular weight is 299 g/mol. The molecule has 2 rings (SSSR count). The number of urea groups is 1. The first kappa shape index (κ1) is 15.5. The highest BCUT2D eigenvalue weighted by Crippen LogP contribution is 2.17. The molecule has 1 saturated heterocycles. The first-order chi connectivity index (χ1) is 10.4. The molecule has 1 aliphatic heterocycles. The van der Waals surface area contributed by atoms with Gasteiger partial charge >= 0.3 is 6.03 Å². The van der Waals surface area contributed by atoms with Gasteiger partial charge in [-0.3, -0.25) is 19.8 Å². The molecule has 0 unspecified atom stereocenters. The van der Waals surface area contributed by atoms with Crippen molar-refractivity contribution in [3.63, 3.8) is 0 Å². The first-order valence-corrected chi connectivity index (χ1v) is 6.71. The van der Waals surface area contributed by atoms with Gasteiger partial charge in [-0.1, -0.05) is 18.2 Å². The monoisotopic (exact) mass is 299 g/mol. The van der Waals surface area contributed by atoms with Crippen molar-refractivity contribution in [1.82, 2.24) is 10.2 Å². The number of anilines is 1. The van der Waals surface area contributed by atoms with Crippen LogP contribution in [0.3, 0.4) is 0 Å². The minimum atomic E-state index is -0.727. The van der Waals surface area contributed by atoms with E-state index in [-0.39, 0.29) is 12.1 Å². The Bertz CT molecular complexity index is 660. The van der Waals surface area contributed by atoms with Gasteiger partial charge in [-0.15, -0.1) is 6.58 Å². The van der Waals surface area contributed by atoms with Crippen LogP contribution in [0.2, 0.25) is 0 Å². The van der Waals surface area contributed by atoms with E-state index in [4.69, 9.17) is 0 Å². The fourth-order valence-electron chi connectivity index (χ4n) is 2.02. The topological polar surface area (TPSA) is 69.7 Å².